The van der Waals surface area contributed by atoms with E-state index >= 15 is 0 Å². The van der Waals surface area contributed by atoms with E-state index in [2.05, 4.69) is 5.32 Å². The van der Waals surface area contributed by atoms with E-state index in [9.17, 15) is 18.0 Å². The third kappa shape index (κ3) is 6.79. The lowest BCUT2D eigenvalue weighted by atomic mass is 10.1. The van der Waals surface area contributed by atoms with Gasteiger partial charge in [0.1, 0.15) is 18.0 Å². The van der Waals surface area contributed by atoms with Crippen molar-refractivity contribution < 1.29 is 27.5 Å². The Morgan fingerprint density at radius 1 is 0.833 bits per heavy atom. The molecular weight excluding hydrogens is 554 g/mol. The topological polar surface area (TPSA) is 105 Å². The number of anilines is 2. The summed E-state index contributed by atoms with van der Waals surface area (Å²) in [5, 5.41) is 2.76. The maximum absolute atomic E-state index is 13.8. The number of nitrogens with zero attached hydrogens (tertiary/aromatic N) is 2. The molecule has 9 nitrogen and oxygen atoms in total. The van der Waals surface area contributed by atoms with Gasteiger partial charge in [-0.25, -0.2) is 8.42 Å². The number of ether oxygens (including phenoxy) is 2. The number of amides is 2. The molecule has 0 unspecified atom stereocenters. The van der Waals surface area contributed by atoms with E-state index in [0.29, 0.717) is 49.1 Å². The summed E-state index contributed by atoms with van der Waals surface area (Å²) in [7, 11) is -4.13. The van der Waals surface area contributed by atoms with Gasteiger partial charge in [0.2, 0.25) is 5.91 Å². The van der Waals surface area contributed by atoms with Crippen LogP contribution in [0.5, 0.6) is 11.5 Å². The summed E-state index contributed by atoms with van der Waals surface area (Å²) in [4.78, 5) is 28.3. The number of benzene rings is 4. The molecule has 1 aliphatic rings. The highest BCUT2D eigenvalue weighted by Gasteiger charge is 2.28. The van der Waals surface area contributed by atoms with Crippen molar-refractivity contribution in [2.24, 2.45) is 0 Å². The molecule has 216 valence electrons. The molecule has 5 rings (SSSR count). The van der Waals surface area contributed by atoms with Crippen LogP contribution < -0.4 is 14.4 Å². The molecule has 1 N–H and O–H groups in total. The number of carbonyl (C=O) groups is 2. The molecule has 1 saturated heterocycles. The van der Waals surface area contributed by atoms with Crippen molar-refractivity contribution in [3.63, 3.8) is 0 Å². The number of hydrogen-bond donors (Lipinski definition) is 1. The Morgan fingerprint density at radius 3 is 2.14 bits per heavy atom. The van der Waals surface area contributed by atoms with Gasteiger partial charge in [-0.3, -0.25) is 13.9 Å². The van der Waals surface area contributed by atoms with Crippen LogP contribution in [0, 0.1) is 6.92 Å². The Morgan fingerprint density at radius 2 is 1.45 bits per heavy atom. The standard InChI is InChI=1S/C32H31N3O6S/c1-24-11-17-28(18-12-24)42(38,39)35(25-13-15-27(16-14-25)41-26-7-3-2-4-8-26)23-31(36)33-30-10-6-5-9-29(30)32(37)34-19-21-40-22-20-34/h2-18H,19-23H2,1H3,(H,33,36). The number of sulfonamides is 1. The van der Waals surface area contributed by atoms with E-state index in [1.165, 1.54) is 12.1 Å². The van der Waals surface area contributed by atoms with E-state index in [0.717, 1.165) is 9.87 Å². The number of carbonyl (C=O) groups excluding carboxylic acids is 2. The lowest BCUT2D eigenvalue weighted by Gasteiger charge is -2.28. The maximum atomic E-state index is 13.8. The van der Waals surface area contributed by atoms with E-state index in [4.69, 9.17) is 9.47 Å². The number of morpholine rings is 1. The third-order valence-corrected chi connectivity index (χ3v) is 8.52. The van der Waals surface area contributed by atoms with Gasteiger partial charge in [0.05, 0.1) is 35.0 Å². The van der Waals surface area contributed by atoms with E-state index < -0.39 is 22.5 Å². The molecule has 0 atom stereocenters. The zero-order valence-electron chi connectivity index (χ0n) is 23.1. The molecule has 1 fully saturated rings. The summed E-state index contributed by atoms with van der Waals surface area (Å²) in [5.41, 5.74) is 1.81. The van der Waals surface area contributed by atoms with Crippen LogP contribution in [0.1, 0.15) is 15.9 Å². The lowest BCUT2D eigenvalue weighted by Crippen LogP contribution is -2.41. The second-order valence-corrected chi connectivity index (χ2v) is 11.6. The fraction of sp³-hybridized carbons (Fsp3) is 0.188. The average molecular weight is 586 g/mol. The van der Waals surface area contributed by atoms with Crippen LogP contribution >= 0.6 is 0 Å². The quantitative estimate of drug-likeness (QED) is 0.293. The number of para-hydroxylation sites is 2. The van der Waals surface area contributed by atoms with Crippen LogP contribution in [-0.4, -0.2) is 58.0 Å². The SMILES string of the molecule is Cc1ccc(S(=O)(=O)N(CC(=O)Nc2ccccc2C(=O)N2CCOCC2)c2ccc(Oc3ccccc3)cc2)cc1. The van der Waals surface area contributed by atoms with Crippen LogP contribution in [-0.2, 0) is 19.6 Å². The summed E-state index contributed by atoms with van der Waals surface area (Å²) < 4.78 is 39.9. The minimum Gasteiger partial charge on any atom is -0.457 e. The van der Waals surface area contributed by atoms with Crippen molar-refractivity contribution in [3.05, 3.63) is 114 Å². The predicted octanol–water partition coefficient (Wildman–Crippen LogP) is 5.09. The smallest absolute Gasteiger partial charge is 0.264 e. The summed E-state index contributed by atoms with van der Waals surface area (Å²) in [6, 6.07) is 28.8. The van der Waals surface area contributed by atoms with Crippen molar-refractivity contribution in [1.82, 2.24) is 4.90 Å². The minimum absolute atomic E-state index is 0.0495. The van der Waals surface area contributed by atoms with Gasteiger partial charge < -0.3 is 19.7 Å². The number of nitrogens with one attached hydrogen (secondary N) is 1. The minimum atomic E-state index is -4.13. The second-order valence-electron chi connectivity index (χ2n) is 9.73. The largest absolute Gasteiger partial charge is 0.457 e. The van der Waals surface area contributed by atoms with Gasteiger partial charge in [-0.1, -0.05) is 48.0 Å². The van der Waals surface area contributed by atoms with Crippen molar-refractivity contribution >= 4 is 33.2 Å². The van der Waals surface area contributed by atoms with Crippen LogP contribution in [0.25, 0.3) is 0 Å². The van der Waals surface area contributed by atoms with Gasteiger partial charge in [-0.05, 0) is 67.6 Å². The summed E-state index contributed by atoms with van der Waals surface area (Å²) in [6.07, 6.45) is 0. The van der Waals surface area contributed by atoms with Crippen LogP contribution in [0.4, 0.5) is 11.4 Å². The monoisotopic (exact) mass is 585 g/mol. The average Bonchev–Trinajstić information content (AvgIpc) is 3.01. The Bertz CT molecular complexity index is 1640. The molecule has 4 aromatic carbocycles. The van der Waals surface area contributed by atoms with E-state index in [1.54, 1.807) is 65.6 Å². The Hall–Kier alpha value is -4.67. The molecule has 0 spiro atoms. The van der Waals surface area contributed by atoms with E-state index in [-0.39, 0.29) is 16.5 Å². The number of rotatable bonds is 9. The fourth-order valence-electron chi connectivity index (χ4n) is 4.49. The first-order valence-corrected chi connectivity index (χ1v) is 14.9. The zero-order chi connectivity index (χ0) is 29.5. The van der Waals surface area contributed by atoms with Gasteiger partial charge in [0.15, 0.2) is 0 Å². The molecule has 4 aromatic rings. The molecule has 0 aliphatic carbocycles. The molecule has 1 aliphatic heterocycles. The molecule has 2 amide bonds. The molecule has 10 heteroatoms. The predicted molar refractivity (Wildman–Crippen MR) is 160 cm³/mol. The number of hydrogen-bond acceptors (Lipinski definition) is 6. The molecule has 0 aromatic heterocycles. The molecule has 0 bridgehead atoms. The normalized spacial score (nSPS) is 13.3. The Kier molecular flexibility index (Phi) is 8.85. The molecule has 0 saturated carbocycles. The van der Waals surface area contributed by atoms with Gasteiger partial charge >= 0.3 is 0 Å². The number of aryl methyl sites for hydroxylation is 1. The van der Waals surface area contributed by atoms with Crippen molar-refractivity contribution in [2.45, 2.75) is 11.8 Å². The fourth-order valence-corrected chi connectivity index (χ4v) is 5.91. The Balaban J connectivity index is 1.41. The first-order valence-electron chi connectivity index (χ1n) is 13.5. The van der Waals surface area contributed by atoms with Crippen molar-refractivity contribution in [3.8, 4) is 11.5 Å². The Labute approximate surface area is 245 Å². The second kappa shape index (κ2) is 12.9. The van der Waals surface area contributed by atoms with Crippen LogP contribution in [0.2, 0.25) is 0 Å². The highest BCUT2D eigenvalue weighted by molar-refractivity contribution is 7.92. The summed E-state index contributed by atoms with van der Waals surface area (Å²) >= 11 is 0. The molecule has 0 radical (unpaired) electrons. The third-order valence-electron chi connectivity index (χ3n) is 6.73. The first kappa shape index (κ1) is 28.8. The highest BCUT2D eigenvalue weighted by atomic mass is 32.2. The van der Waals surface area contributed by atoms with Crippen molar-refractivity contribution in [1.29, 1.82) is 0 Å². The summed E-state index contributed by atoms with van der Waals surface area (Å²) in [5.74, 6) is 0.321. The van der Waals surface area contributed by atoms with Gasteiger partial charge in [-0.2, -0.15) is 0 Å². The van der Waals surface area contributed by atoms with Crippen molar-refractivity contribution in [2.75, 3.05) is 42.5 Å². The maximum Gasteiger partial charge on any atom is 0.264 e. The van der Waals surface area contributed by atoms with Gasteiger partial charge in [0, 0.05) is 13.1 Å². The molecular formula is C32H31N3O6S. The lowest BCUT2D eigenvalue weighted by molar-refractivity contribution is -0.114. The van der Waals surface area contributed by atoms with Crippen LogP contribution in [0.15, 0.2) is 108 Å². The molecule has 42 heavy (non-hydrogen) atoms. The highest BCUT2D eigenvalue weighted by Crippen LogP contribution is 2.28. The zero-order valence-corrected chi connectivity index (χ0v) is 23.9. The van der Waals surface area contributed by atoms with Crippen LogP contribution in [0.3, 0.4) is 0 Å². The van der Waals surface area contributed by atoms with Gasteiger partial charge in [0.25, 0.3) is 15.9 Å². The van der Waals surface area contributed by atoms with Gasteiger partial charge in [-0.15, -0.1) is 0 Å². The molecule has 1 heterocycles. The summed E-state index contributed by atoms with van der Waals surface area (Å²) in [6.45, 7) is 3.14. The first-order chi connectivity index (χ1) is 20.3. The van der Waals surface area contributed by atoms with E-state index in [1.807, 2.05) is 37.3 Å².